The zero-order valence-corrected chi connectivity index (χ0v) is 15.2. The fourth-order valence-corrected chi connectivity index (χ4v) is 3.88. The summed E-state index contributed by atoms with van der Waals surface area (Å²) in [6.45, 7) is 1.58. The number of esters is 1. The van der Waals surface area contributed by atoms with Gasteiger partial charge in [0, 0.05) is 24.7 Å². The summed E-state index contributed by atoms with van der Waals surface area (Å²) >= 11 is 0. The molecular formula is C19H18N6O3. The molecule has 0 saturated carbocycles. The summed E-state index contributed by atoms with van der Waals surface area (Å²) < 4.78 is 4.77. The SMILES string of the molecule is COC(=O)c1ccc2c(n1)N(C(=O)Nc1cc3cc[nH]c3cn1)C1CCN2C1. The number of pyridine rings is 2. The molecule has 0 aromatic carbocycles. The van der Waals surface area contributed by atoms with E-state index in [0.29, 0.717) is 11.6 Å². The number of fused-ring (bicyclic) bond motifs is 5. The summed E-state index contributed by atoms with van der Waals surface area (Å²) in [5, 5.41) is 3.83. The van der Waals surface area contributed by atoms with Crippen LogP contribution in [0.5, 0.6) is 0 Å². The number of nitrogens with one attached hydrogen (secondary N) is 2. The molecule has 9 nitrogen and oxygen atoms in total. The van der Waals surface area contributed by atoms with E-state index in [-0.39, 0.29) is 17.8 Å². The summed E-state index contributed by atoms with van der Waals surface area (Å²) in [5.74, 6) is 0.399. The molecule has 142 valence electrons. The van der Waals surface area contributed by atoms with Gasteiger partial charge in [0.05, 0.1) is 30.6 Å². The van der Waals surface area contributed by atoms with Gasteiger partial charge in [0.1, 0.15) is 5.82 Å². The molecule has 28 heavy (non-hydrogen) atoms. The predicted molar refractivity (Wildman–Crippen MR) is 104 cm³/mol. The molecule has 2 N–H and O–H groups in total. The average Bonchev–Trinajstić information content (AvgIpc) is 3.34. The van der Waals surface area contributed by atoms with E-state index >= 15 is 0 Å². The maximum absolute atomic E-state index is 13.1. The van der Waals surface area contributed by atoms with Gasteiger partial charge in [-0.3, -0.25) is 10.2 Å². The van der Waals surface area contributed by atoms with Crippen LogP contribution in [0, 0.1) is 0 Å². The van der Waals surface area contributed by atoms with E-state index in [1.165, 1.54) is 7.11 Å². The number of H-pyrrole nitrogens is 1. The maximum Gasteiger partial charge on any atom is 0.356 e. The van der Waals surface area contributed by atoms with Crippen molar-refractivity contribution >= 4 is 40.2 Å². The highest BCUT2D eigenvalue weighted by atomic mass is 16.5. The first-order valence-electron chi connectivity index (χ1n) is 9.02. The van der Waals surface area contributed by atoms with Crippen molar-refractivity contribution in [3.05, 3.63) is 42.4 Å². The fraction of sp³-hybridized carbons (Fsp3) is 0.263. The van der Waals surface area contributed by atoms with Crippen LogP contribution in [0.4, 0.5) is 22.1 Å². The van der Waals surface area contributed by atoms with Crippen molar-refractivity contribution in [2.75, 3.05) is 35.3 Å². The van der Waals surface area contributed by atoms with Gasteiger partial charge >= 0.3 is 12.0 Å². The van der Waals surface area contributed by atoms with Crippen LogP contribution < -0.4 is 15.1 Å². The van der Waals surface area contributed by atoms with Gasteiger partial charge in [-0.05, 0) is 30.7 Å². The Balaban J connectivity index is 1.50. The molecule has 3 aromatic heterocycles. The molecule has 5 rings (SSSR count). The lowest BCUT2D eigenvalue weighted by molar-refractivity contribution is 0.0594. The van der Waals surface area contributed by atoms with E-state index in [1.807, 2.05) is 24.4 Å². The normalized spacial score (nSPS) is 17.5. The van der Waals surface area contributed by atoms with Crippen LogP contribution in [0.2, 0.25) is 0 Å². The van der Waals surface area contributed by atoms with Crippen molar-refractivity contribution in [3.63, 3.8) is 0 Å². The Kier molecular flexibility index (Phi) is 3.68. The molecule has 9 heteroatoms. The van der Waals surface area contributed by atoms with E-state index in [4.69, 9.17) is 4.74 Å². The molecule has 2 aliphatic rings. The first kappa shape index (κ1) is 16.5. The highest BCUT2D eigenvalue weighted by Gasteiger charge is 2.40. The van der Waals surface area contributed by atoms with Crippen LogP contribution in [0.15, 0.2) is 36.7 Å². The van der Waals surface area contributed by atoms with E-state index in [2.05, 4.69) is 25.2 Å². The van der Waals surface area contributed by atoms with Crippen molar-refractivity contribution in [2.45, 2.75) is 12.5 Å². The van der Waals surface area contributed by atoms with Gasteiger partial charge < -0.3 is 14.6 Å². The predicted octanol–water partition coefficient (Wildman–Crippen LogP) is 2.38. The van der Waals surface area contributed by atoms with Crippen molar-refractivity contribution in [2.24, 2.45) is 0 Å². The Morgan fingerprint density at radius 1 is 1.32 bits per heavy atom. The molecular weight excluding hydrogens is 360 g/mol. The Hall–Kier alpha value is -3.62. The Labute approximate surface area is 160 Å². The quantitative estimate of drug-likeness (QED) is 0.664. The second-order valence-electron chi connectivity index (χ2n) is 6.85. The third kappa shape index (κ3) is 2.55. The fourth-order valence-electron chi connectivity index (χ4n) is 3.88. The number of urea groups is 1. The molecule has 3 aromatic rings. The molecule has 1 unspecified atom stereocenters. The van der Waals surface area contributed by atoms with Crippen LogP contribution in [0.1, 0.15) is 16.9 Å². The van der Waals surface area contributed by atoms with Gasteiger partial charge in [-0.25, -0.2) is 19.6 Å². The molecule has 0 aliphatic carbocycles. The highest BCUT2D eigenvalue weighted by molar-refractivity contribution is 6.05. The molecule has 1 fully saturated rings. The zero-order valence-electron chi connectivity index (χ0n) is 15.2. The second-order valence-corrected chi connectivity index (χ2v) is 6.85. The topological polar surface area (TPSA) is 103 Å². The molecule has 5 heterocycles. The molecule has 2 bridgehead atoms. The van der Waals surface area contributed by atoms with Gasteiger partial charge in [0.25, 0.3) is 0 Å². The molecule has 0 radical (unpaired) electrons. The van der Waals surface area contributed by atoms with Crippen LogP contribution in [-0.4, -0.2) is 53.2 Å². The summed E-state index contributed by atoms with van der Waals surface area (Å²) in [7, 11) is 1.31. The lowest BCUT2D eigenvalue weighted by Crippen LogP contribution is -2.48. The molecule has 2 amide bonds. The number of aromatic amines is 1. The van der Waals surface area contributed by atoms with Crippen molar-refractivity contribution in [1.82, 2.24) is 15.0 Å². The minimum Gasteiger partial charge on any atom is -0.464 e. The van der Waals surface area contributed by atoms with Gasteiger partial charge in [0.2, 0.25) is 0 Å². The summed E-state index contributed by atoms with van der Waals surface area (Å²) in [5.41, 5.74) is 1.91. The number of methoxy groups -OCH3 is 1. The summed E-state index contributed by atoms with van der Waals surface area (Å²) in [4.78, 5) is 40.7. The number of rotatable bonds is 2. The van der Waals surface area contributed by atoms with Gasteiger partial charge in [-0.2, -0.15) is 0 Å². The summed E-state index contributed by atoms with van der Waals surface area (Å²) in [6.07, 6.45) is 4.34. The van der Waals surface area contributed by atoms with E-state index in [9.17, 15) is 9.59 Å². The van der Waals surface area contributed by atoms with Crippen LogP contribution >= 0.6 is 0 Å². The maximum atomic E-state index is 13.1. The monoisotopic (exact) mass is 378 g/mol. The number of hydrogen-bond donors (Lipinski definition) is 2. The number of amides is 2. The number of ether oxygens (including phenoxy) is 1. The zero-order chi connectivity index (χ0) is 19.3. The largest absolute Gasteiger partial charge is 0.464 e. The first-order valence-corrected chi connectivity index (χ1v) is 9.02. The highest BCUT2D eigenvalue weighted by Crippen LogP contribution is 2.39. The number of anilines is 3. The lowest BCUT2D eigenvalue weighted by Gasteiger charge is -2.35. The van der Waals surface area contributed by atoms with Crippen LogP contribution in [-0.2, 0) is 4.74 Å². The number of carbonyl (C=O) groups is 2. The number of hydrogen-bond acceptors (Lipinski definition) is 6. The average molecular weight is 378 g/mol. The molecule has 1 atom stereocenters. The van der Waals surface area contributed by atoms with Gasteiger partial charge in [-0.1, -0.05) is 0 Å². The van der Waals surface area contributed by atoms with E-state index < -0.39 is 5.97 Å². The smallest absolute Gasteiger partial charge is 0.356 e. The Morgan fingerprint density at radius 2 is 2.21 bits per heavy atom. The first-order chi connectivity index (χ1) is 13.6. The molecule has 2 aliphatic heterocycles. The molecule has 1 saturated heterocycles. The second kappa shape index (κ2) is 6.22. The lowest BCUT2D eigenvalue weighted by atomic mass is 10.2. The third-order valence-corrected chi connectivity index (χ3v) is 5.24. The van der Waals surface area contributed by atoms with E-state index in [0.717, 1.165) is 36.1 Å². The minimum absolute atomic E-state index is 0.0103. The van der Waals surface area contributed by atoms with Crippen molar-refractivity contribution < 1.29 is 14.3 Å². The number of carbonyl (C=O) groups excluding carboxylic acids is 2. The van der Waals surface area contributed by atoms with E-state index in [1.54, 1.807) is 17.2 Å². The van der Waals surface area contributed by atoms with Gasteiger partial charge in [0.15, 0.2) is 11.5 Å². The Morgan fingerprint density at radius 3 is 3.07 bits per heavy atom. The Bertz CT molecular complexity index is 1090. The van der Waals surface area contributed by atoms with Crippen molar-refractivity contribution in [3.8, 4) is 0 Å². The van der Waals surface area contributed by atoms with Crippen LogP contribution in [0.25, 0.3) is 10.9 Å². The van der Waals surface area contributed by atoms with Crippen molar-refractivity contribution in [1.29, 1.82) is 0 Å². The summed E-state index contributed by atoms with van der Waals surface area (Å²) in [6, 6.07) is 6.85. The number of aromatic nitrogens is 3. The minimum atomic E-state index is -0.532. The van der Waals surface area contributed by atoms with Gasteiger partial charge in [-0.15, -0.1) is 0 Å². The van der Waals surface area contributed by atoms with Crippen LogP contribution in [0.3, 0.4) is 0 Å². The molecule has 0 spiro atoms. The third-order valence-electron chi connectivity index (χ3n) is 5.24. The standard InChI is InChI=1S/C19H18N6O3/c1-28-18(26)13-2-3-15-17(22-13)25(12-5-7-24(15)10-12)19(27)23-16-8-11-4-6-20-14(11)9-21-16/h2-4,6,8-9,12,20H,5,7,10H2,1H3,(H,21,23,27). The number of nitrogens with zero attached hydrogens (tertiary/aromatic N) is 4.